The molecule has 0 saturated carbocycles. The minimum absolute atomic E-state index is 0.468. The van der Waals surface area contributed by atoms with Gasteiger partial charge in [0.05, 0.1) is 0 Å². The molecule has 2 aromatic heterocycles. The predicted molar refractivity (Wildman–Crippen MR) is 68.2 cm³/mol. The van der Waals surface area contributed by atoms with E-state index in [4.69, 9.17) is 15.0 Å². The van der Waals surface area contributed by atoms with Gasteiger partial charge in [-0.3, -0.25) is 4.98 Å². The van der Waals surface area contributed by atoms with Crippen LogP contribution in [0, 0.1) is 6.92 Å². The molecule has 0 radical (unpaired) electrons. The first-order valence-corrected chi connectivity index (χ1v) is 6.32. The third kappa shape index (κ3) is 2.24. The third-order valence-corrected chi connectivity index (χ3v) is 3.46. The lowest BCUT2D eigenvalue weighted by atomic mass is 9.91. The van der Waals surface area contributed by atoms with Crippen LogP contribution in [0.25, 0.3) is 11.5 Å². The second kappa shape index (κ2) is 4.71. The van der Waals surface area contributed by atoms with E-state index in [2.05, 4.69) is 15.1 Å². The van der Waals surface area contributed by atoms with Crippen LogP contribution >= 0.6 is 0 Å². The minimum Gasteiger partial charge on any atom is -0.381 e. The maximum Gasteiger partial charge on any atom is 0.247 e. The first-order chi connectivity index (χ1) is 9.19. The number of hydrogen-bond donors (Lipinski definition) is 1. The molecule has 0 aliphatic carbocycles. The monoisotopic (exact) mass is 260 g/mol. The molecule has 1 aliphatic heterocycles. The van der Waals surface area contributed by atoms with E-state index in [1.165, 1.54) is 0 Å². The Labute approximate surface area is 111 Å². The van der Waals surface area contributed by atoms with Crippen LogP contribution in [-0.2, 0) is 10.3 Å². The van der Waals surface area contributed by atoms with Crippen molar-refractivity contribution in [2.45, 2.75) is 25.3 Å². The highest BCUT2D eigenvalue weighted by molar-refractivity contribution is 5.53. The fourth-order valence-electron chi connectivity index (χ4n) is 2.19. The summed E-state index contributed by atoms with van der Waals surface area (Å²) in [7, 11) is 0. The number of nitrogens with zero attached hydrogens (tertiary/aromatic N) is 3. The van der Waals surface area contributed by atoms with Gasteiger partial charge in [-0.2, -0.15) is 4.98 Å². The summed E-state index contributed by atoms with van der Waals surface area (Å²) in [6.07, 6.45) is 3.09. The highest BCUT2D eigenvalue weighted by Gasteiger charge is 2.36. The lowest BCUT2D eigenvalue weighted by Gasteiger charge is -2.29. The molecule has 2 aromatic rings. The normalized spacial score (nSPS) is 18.4. The molecule has 0 bridgehead atoms. The van der Waals surface area contributed by atoms with Crippen molar-refractivity contribution in [2.24, 2.45) is 5.73 Å². The molecule has 6 nitrogen and oxygen atoms in total. The smallest absolute Gasteiger partial charge is 0.247 e. The van der Waals surface area contributed by atoms with Crippen molar-refractivity contribution in [3.63, 3.8) is 0 Å². The summed E-state index contributed by atoms with van der Waals surface area (Å²) in [6, 6.07) is 3.84. The van der Waals surface area contributed by atoms with E-state index >= 15 is 0 Å². The molecular formula is C13H16N4O2. The zero-order valence-electron chi connectivity index (χ0n) is 10.8. The number of aryl methyl sites for hydroxylation is 1. The van der Waals surface area contributed by atoms with E-state index in [1.54, 1.807) is 6.20 Å². The van der Waals surface area contributed by atoms with E-state index in [0.717, 1.165) is 11.3 Å². The van der Waals surface area contributed by atoms with E-state index in [0.29, 0.717) is 37.8 Å². The molecule has 3 rings (SSSR count). The zero-order chi connectivity index (χ0) is 13.3. The fraction of sp³-hybridized carbons (Fsp3) is 0.462. The molecule has 2 N–H and O–H groups in total. The minimum atomic E-state index is -0.577. The second-order valence-corrected chi connectivity index (χ2v) is 4.86. The molecule has 19 heavy (non-hydrogen) atoms. The Balaban J connectivity index is 1.93. The molecule has 1 fully saturated rings. The molecule has 0 amide bonds. The van der Waals surface area contributed by atoms with Crippen LogP contribution in [0.1, 0.15) is 24.3 Å². The van der Waals surface area contributed by atoms with E-state index in [9.17, 15) is 0 Å². The number of aromatic nitrogens is 3. The Hall–Kier alpha value is -1.79. The molecule has 1 aliphatic rings. The van der Waals surface area contributed by atoms with Gasteiger partial charge >= 0.3 is 0 Å². The van der Waals surface area contributed by atoms with Gasteiger partial charge in [0.2, 0.25) is 11.7 Å². The van der Waals surface area contributed by atoms with Gasteiger partial charge in [-0.25, -0.2) is 0 Å². The first kappa shape index (κ1) is 12.3. The summed E-state index contributed by atoms with van der Waals surface area (Å²) in [5, 5.41) is 4.00. The van der Waals surface area contributed by atoms with Crippen molar-refractivity contribution in [1.29, 1.82) is 0 Å². The standard InChI is InChI=1S/C13H16N4O2/c1-9-3-2-6-15-10(9)11-16-12(19-17-11)13(14)4-7-18-8-5-13/h2-3,6H,4-5,7-8,14H2,1H3. The summed E-state index contributed by atoms with van der Waals surface area (Å²) in [4.78, 5) is 8.70. The van der Waals surface area contributed by atoms with Crippen molar-refractivity contribution >= 4 is 0 Å². The Morgan fingerprint density at radius 2 is 2.11 bits per heavy atom. The van der Waals surface area contributed by atoms with Gasteiger partial charge in [-0.1, -0.05) is 11.2 Å². The molecule has 0 spiro atoms. The molecule has 1 saturated heterocycles. The Morgan fingerprint density at radius 3 is 2.84 bits per heavy atom. The fourth-order valence-corrected chi connectivity index (χ4v) is 2.19. The number of rotatable bonds is 2. The molecule has 0 atom stereocenters. The Morgan fingerprint density at radius 1 is 1.32 bits per heavy atom. The summed E-state index contributed by atoms with van der Waals surface area (Å²) in [5.74, 6) is 0.959. The maximum absolute atomic E-state index is 6.31. The van der Waals surface area contributed by atoms with Crippen LogP contribution in [0.4, 0.5) is 0 Å². The predicted octanol–water partition coefficient (Wildman–Crippen LogP) is 1.40. The number of hydrogen-bond acceptors (Lipinski definition) is 6. The summed E-state index contributed by atoms with van der Waals surface area (Å²) in [5.41, 5.74) is 7.47. The number of pyridine rings is 1. The van der Waals surface area contributed by atoms with Gasteiger partial charge in [-0.05, 0) is 31.4 Å². The Kier molecular flexibility index (Phi) is 3.04. The molecule has 100 valence electrons. The van der Waals surface area contributed by atoms with Crippen LogP contribution in [0.2, 0.25) is 0 Å². The Bertz CT molecular complexity index is 576. The van der Waals surface area contributed by atoms with E-state index in [-0.39, 0.29) is 0 Å². The van der Waals surface area contributed by atoms with E-state index in [1.807, 2.05) is 19.1 Å². The zero-order valence-corrected chi connectivity index (χ0v) is 10.8. The lowest BCUT2D eigenvalue weighted by Crippen LogP contribution is -2.42. The molecule has 0 unspecified atom stereocenters. The van der Waals surface area contributed by atoms with Gasteiger partial charge in [0, 0.05) is 19.4 Å². The van der Waals surface area contributed by atoms with Gasteiger partial charge < -0.3 is 15.0 Å². The summed E-state index contributed by atoms with van der Waals surface area (Å²) in [6.45, 7) is 3.21. The quantitative estimate of drug-likeness (QED) is 0.878. The highest BCUT2D eigenvalue weighted by Crippen LogP contribution is 2.29. The van der Waals surface area contributed by atoms with Gasteiger partial charge in [0.25, 0.3) is 0 Å². The maximum atomic E-state index is 6.31. The average Bonchev–Trinajstić information content (AvgIpc) is 2.90. The van der Waals surface area contributed by atoms with Crippen molar-refractivity contribution in [1.82, 2.24) is 15.1 Å². The average molecular weight is 260 g/mol. The molecule has 0 aromatic carbocycles. The number of nitrogens with two attached hydrogens (primary N) is 1. The molecule has 3 heterocycles. The number of ether oxygens (including phenoxy) is 1. The van der Waals surface area contributed by atoms with Crippen molar-refractivity contribution in [2.75, 3.05) is 13.2 Å². The van der Waals surface area contributed by atoms with Gasteiger partial charge in [-0.15, -0.1) is 0 Å². The van der Waals surface area contributed by atoms with Crippen LogP contribution in [0.5, 0.6) is 0 Å². The largest absolute Gasteiger partial charge is 0.381 e. The van der Waals surface area contributed by atoms with Gasteiger partial charge in [0.15, 0.2) is 0 Å². The van der Waals surface area contributed by atoms with Gasteiger partial charge in [0.1, 0.15) is 11.2 Å². The SMILES string of the molecule is Cc1cccnc1-c1noc(C2(N)CCOCC2)n1. The van der Waals surface area contributed by atoms with E-state index < -0.39 is 5.54 Å². The van der Waals surface area contributed by atoms with Crippen LogP contribution < -0.4 is 5.73 Å². The van der Waals surface area contributed by atoms with Crippen LogP contribution in [0.15, 0.2) is 22.9 Å². The van der Waals surface area contributed by atoms with Crippen molar-refractivity contribution in [3.8, 4) is 11.5 Å². The molecular weight excluding hydrogens is 244 g/mol. The molecule has 6 heteroatoms. The van der Waals surface area contributed by atoms with Crippen molar-refractivity contribution < 1.29 is 9.26 Å². The topological polar surface area (TPSA) is 87.1 Å². The summed E-state index contributed by atoms with van der Waals surface area (Å²) < 4.78 is 10.6. The summed E-state index contributed by atoms with van der Waals surface area (Å²) >= 11 is 0. The van der Waals surface area contributed by atoms with Crippen molar-refractivity contribution in [3.05, 3.63) is 29.8 Å². The lowest BCUT2D eigenvalue weighted by molar-refractivity contribution is 0.0400. The highest BCUT2D eigenvalue weighted by atomic mass is 16.5. The second-order valence-electron chi connectivity index (χ2n) is 4.86. The first-order valence-electron chi connectivity index (χ1n) is 6.32. The third-order valence-electron chi connectivity index (χ3n) is 3.46. The van der Waals surface area contributed by atoms with Crippen LogP contribution in [-0.4, -0.2) is 28.3 Å². The van der Waals surface area contributed by atoms with Crippen LogP contribution in [0.3, 0.4) is 0 Å².